The summed E-state index contributed by atoms with van der Waals surface area (Å²) >= 11 is 0. The molecule has 1 aliphatic heterocycles. The molecule has 9 heteroatoms. The van der Waals surface area contributed by atoms with Crippen LogP contribution < -0.4 is 28.4 Å². The van der Waals surface area contributed by atoms with Crippen LogP contribution in [0.3, 0.4) is 0 Å². The highest BCUT2D eigenvalue weighted by Crippen LogP contribution is 2.40. The second-order valence-electron chi connectivity index (χ2n) is 9.91. The number of rotatable bonds is 9. The van der Waals surface area contributed by atoms with E-state index in [0.29, 0.717) is 57.5 Å². The molecule has 0 bridgehead atoms. The first kappa shape index (κ1) is 28.4. The third kappa shape index (κ3) is 5.43. The normalized spacial score (nSPS) is 13.0. The van der Waals surface area contributed by atoms with E-state index in [1.807, 2.05) is 30.3 Å². The Bertz CT molecular complexity index is 1890. The fourth-order valence-corrected chi connectivity index (χ4v) is 5.01. The van der Waals surface area contributed by atoms with Gasteiger partial charge in [0.05, 0.1) is 26.9 Å². The smallest absolute Gasteiger partial charge is 0.347 e. The van der Waals surface area contributed by atoms with Gasteiger partial charge in [-0.05, 0) is 66.6 Å². The summed E-state index contributed by atoms with van der Waals surface area (Å²) in [6.45, 7) is 2.08. The molecule has 4 aromatic carbocycles. The van der Waals surface area contributed by atoms with Crippen molar-refractivity contribution in [1.29, 1.82) is 0 Å². The Morgan fingerprint density at radius 1 is 0.841 bits per heavy atom. The number of benzene rings is 4. The molecule has 0 radical (unpaired) electrons. The van der Waals surface area contributed by atoms with Gasteiger partial charge in [-0.2, -0.15) is 0 Å². The zero-order chi connectivity index (χ0) is 30.8. The van der Waals surface area contributed by atoms with E-state index in [1.54, 1.807) is 55.5 Å². The van der Waals surface area contributed by atoms with E-state index in [1.165, 1.54) is 27.4 Å². The zero-order valence-electron chi connectivity index (χ0n) is 24.5. The highest BCUT2D eigenvalue weighted by molar-refractivity contribution is 6.14. The van der Waals surface area contributed by atoms with E-state index in [0.717, 1.165) is 5.56 Å². The summed E-state index contributed by atoms with van der Waals surface area (Å²) in [6, 6.07) is 23.1. The molecular weight excluding hydrogens is 564 g/mol. The molecule has 2 heterocycles. The second-order valence-corrected chi connectivity index (χ2v) is 9.91. The monoisotopic (exact) mass is 592 g/mol. The number of hydrogen-bond donors (Lipinski definition) is 0. The van der Waals surface area contributed by atoms with Crippen LogP contribution in [0, 0.1) is 6.92 Å². The van der Waals surface area contributed by atoms with Crippen LogP contribution in [0.1, 0.15) is 37.6 Å². The lowest BCUT2D eigenvalue weighted by Crippen LogP contribution is -2.09. The van der Waals surface area contributed by atoms with Crippen molar-refractivity contribution >= 4 is 28.8 Å². The molecule has 1 aliphatic rings. The molecule has 6 rings (SSSR count). The van der Waals surface area contributed by atoms with Crippen LogP contribution in [0.5, 0.6) is 34.5 Å². The number of ketones is 1. The minimum Gasteiger partial charge on any atom is -0.493 e. The van der Waals surface area contributed by atoms with Crippen LogP contribution in [0.4, 0.5) is 0 Å². The predicted molar refractivity (Wildman–Crippen MR) is 162 cm³/mol. The first-order valence-corrected chi connectivity index (χ1v) is 13.7. The van der Waals surface area contributed by atoms with E-state index in [9.17, 15) is 9.59 Å². The van der Waals surface area contributed by atoms with Gasteiger partial charge in [-0.25, -0.2) is 4.79 Å². The molecule has 1 aromatic heterocycles. The van der Waals surface area contributed by atoms with Crippen molar-refractivity contribution < 1.29 is 42.4 Å². The lowest BCUT2D eigenvalue weighted by Gasteiger charge is -2.13. The highest BCUT2D eigenvalue weighted by atomic mass is 16.5. The molecule has 0 fully saturated rings. The van der Waals surface area contributed by atoms with Crippen molar-refractivity contribution in [2.24, 2.45) is 0 Å². The molecule has 0 atom stereocenters. The molecule has 5 aromatic rings. The molecule has 0 N–H and O–H groups in total. The molecule has 222 valence electrons. The Morgan fingerprint density at radius 2 is 1.57 bits per heavy atom. The van der Waals surface area contributed by atoms with E-state index >= 15 is 0 Å². The quantitative estimate of drug-likeness (QED) is 0.100. The van der Waals surface area contributed by atoms with Crippen LogP contribution in [0.15, 0.2) is 89.0 Å². The number of Topliss-reactive ketones (excluding diaryl/α,β-unsaturated/α-hetero) is 1. The van der Waals surface area contributed by atoms with Gasteiger partial charge in [-0.3, -0.25) is 4.79 Å². The average molecular weight is 593 g/mol. The van der Waals surface area contributed by atoms with Crippen molar-refractivity contribution in [2.75, 3.05) is 21.3 Å². The number of ether oxygens (including phenoxy) is 6. The van der Waals surface area contributed by atoms with Crippen LogP contribution in [0.2, 0.25) is 0 Å². The summed E-state index contributed by atoms with van der Waals surface area (Å²) in [6.07, 6.45) is 1.58. The number of carbonyl (C=O) groups excluding carboxylic acids is 2. The molecule has 0 aliphatic carbocycles. The first-order valence-electron chi connectivity index (χ1n) is 13.7. The molecular formula is C35H28O9. The molecule has 0 amide bonds. The van der Waals surface area contributed by atoms with Crippen molar-refractivity contribution in [3.8, 4) is 34.5 Å². The van der Waals surface area contributed by atoms with E-state index in [-0.39, 0.29) is 28.6 Å². The van der Waals surface area contributed by atoms with Crippen LogP contribution in [0.25, 0.3) is 17.0 Å². The molecule has 44 heavy (non-hydrogen) atoms. The van der Waals surface area contributed by atoms with Crippen molar-refractivity contribution in [1.82, 2.24) is 0 Å². The Balaban J connectivity index is 1.22. The second kappa shape index (κ2) is 11.9. The zero-order valence-corrected chi connectivity index (χ0v) is 24.5. The Labute approximate surface area is 253 Å². The number of carbonyl (C=O) groups is 2. The van der Waals surface area contributed by atoms with Crippen LogP contribution in [-0.2, 0) is 6.61 Å². The summed E-state index contributed by atoms with van der Waals surface area (Å²) in [4.78, 5) is 26.5. The van der Waals surface area contributed by atoms with Gasteiger partial charge in [-0.15, -0.1) is 0 Å². The number of furan rings is 1. The van der Waals surface area contributed by atoms with E-state index in [4.69, 9.17) is 32.8 Å². The van der Waals surface area contributed by atoms with E-state index in [2.05, 4.69) is 0 Å². The fourth-order valence-electron chi connectivity index (χ4n) is 5.01. The van der Waals surface area contributed by atoms with E-state index < -0.39 is 5.97 Å². The van der Waals surface area contributed by atoms with Gasteiger partial charge in [0, 0.05) is 11.5 Å². The van der Waals surface area contributed by atoms with Crippen molar-refractivity contribution in [2.45, 2.75) is 13.5 Å². The summed E-state index contributed by atoms with van der Waals surface area (Å²) in [5, 5.41) is 0.571. The maximum Gasteiger partial charge on any atom is 0.347 e. The van der Waals surface area contributed by atoms with Gasteiger partial charge in [-0.1, -0.05) is 30.3 Å². The largest absolute Gasteiger partial charge is 0.493 e. The van der Waals surface area contributed by atoms with Gasteiger partial charge in [0.25, 0.3) is 0 Å². The average Bonchev–Trinajstić information content (AvgIpc) is 3.53. The molecule has 0 saturated heterocycles. The highest BCUT2D eigenvalue weighted by Gasteiger charge is 2.29. The van der Waals surface area contributed by atoms with Gasteiger partial charge >= 0.3 is 5.97 Å². The molecule has 0 saturated carbocycles. The predicted octanol–water partition coefficient (Wildman–Crippen LogP) is 7.18. The van der Waals surface area contributed by atoms with Crippen LogP contribution >= 0.6 is 0 Å². The molecule has 0 spiro atoms. The third-order valence-electron chi connectivity index (χ3n) is 7.12. The number of esters is 1. The van der Waals surface area contributed by atoms with Gasteiger partial charge < -0.3 is 32.8 Å². The Hall–Kier alpha value is -5.70. The Kier molecular flexibility index (Phi) is 7.68. The minimum atomic E-state index is -0.612. The minimum absolute atomic E-state index is 0.0949. The third-order valence-corrected chi connectivity index (χ3v) is 7.12. The maximum absolute atomic E-state index is 13.4. The first-order chi connectivity index (χ1) is 21.4. The fraction of sp³-hybridized carbons (Fsp3) is 0.143. The topological polar surface area (TPSA) is 103 Å². The molecule has 9 nitrogen and oxygen atoms in total. The molecule has 0 unspecified atom stereocenters. The van der Waals surface area contributed by atoms with Crippen LogP contribution in [-0.4, -0.2) is 33.1 Å². The summed E-state index contributed by atoms with van der Waals surface area (Å²) in [5.41, 5.74) is 2.79. The standard InChI is InChI=1S/C35H28O9/c1-20-32(26-17-23(11-13-27(26)42-20)41-19-21-8-6-5-7-9-21)35(37)43-24-10-12-25-28(18-24)44-29(33(25)36)14-22-15-30(38-2)34(40-4)31(16-22)39-3/h5-18H,19H2,1-4H3/b29-14-. The number of allylic oxidation sites excluding steroid dienone is 1. The van der Waals surface area contributed by atoms with Gasteiger partial charge in [0.15, 0.2) is 17.3 Å². The summed E-state index contributed by atoms with van der Waals surface area (Å²) < 4.78 is 39.6. The Morgan fingerprint density at radius 3 is 2.27 bits per heavy atom. The maximum atomic E-state index is 13.4. The summed E-state index contributed by atoms with van der Waals surface area (Å²) in [7, 11) is 4.53. The number of hydrogen-bond acceptors (Lipinski definition) is 9. The lowest BCUT2D eigenvalue weighted by molar-refractivity contribution is 0.0734. The van der Waals surface area contributed by atoms with Gasteiger partial charge in [0.2, 0.25) is 11.5 Å². The number of aryl methyl sites for hydroxylation is 1. The number of methoxy groups -OCH3 is 3. The summed E-state index contributed by atoms with van der Waals surface area (Å²) in [5.74, 6) is 1.95. The number of fused-ring (bicyclic) bond motifs is 2. The van der Waals surface area contributed by atoms with Crippen molar-refractivity contribution in [3.63, 3.8) is 0 Å². The van der Waals surface area contributed by atoms with Gasteiger partial charge in [0.1, 0.15) is 40.8 Å². The van der Waals surface area contributed by atoms with Crippen molar-refractivity contribution in [3.05, 3.63) is 113 Å². The lowest BCUT2D eigenvalue weighted by atomic mass is 10.1. The SMILES string of the molecule is COc1cc(/C=C2\Oc3cc(OC(=O)c4c(C)oc5ccc(OCc6ccccc6)cc45)ccc3C2=O)cc(OC)c1OC.